The van der Waals surface area contributed by atoms with Gasteiger partial charge in [0.1, 0.15) is 6.10 Å². The number of esters is 1. The van der Waals surface area contributed by atoms with Crippen LogP contribution in [0.2, 0.25) is 0 Å². The maximum absolute atomic E-state index is 12.8. The van der Waals surface area contributed by atoms with Crippen LogP contribution in [0.1, 0.15) is 13.3 Å². The van der Waals surface area contributed by atoms with Gasteiger partial charge in [0, 0.05) is 18.5 Å². The van der Waals surface area contributed by atoms with Gasteiger partial charge < -0.3 is 14.8 Å². The fraction of sp³-hybridized carbons (Fsp3) is 0.900. The highest BCUT2D eigenvalue weighted by Crippen LogP contribution is 2.31. The molecule has 2 aliphatic heterocycles. The molecule has 0 saturated carbocycles. The Hall–Kier alpha value is -0.750. The highest BCUT2D eigenvalue weighted by molar-refractivity contribution is 5.79. The number of ether oxygens (including phenoxy) is 2. The number of carbonyl (C=O) groups is 1. The van der Waals surface area contributed by atoms with Crippen LogP contribution < -0.4 is 5.32 Å². The maximum Gasteiger partial charge on any atom is 0.377 e. The van der Waals surface area contributed by atoms with E-state index < -0.39 is 24.4 Å². The van der Waals surface area contributed by atoms with E-state index >= 15 is 0 Å². The van der Waals surface area contributed by atoms with Crippen molar-refractivity contribution in [3.8, 4) is 0 Å². The number of carbonyl (C=O) groups excluding carboxylic acids is 1. The Kier molecular flexibility index (Phi) is 2.88. The van der Waals surface area contributed by atoms with Gasteiger partial charge in [0.2, 0.25) is 0 Å². The summed E-state index contributed by atoms with van der Waals surface area (Å²) < 4.78 is 35.2. The summed E-state index contributed by atoms with van der Waals surface area (Å²) in [4.78, 5) is 10.7. The summed E-state index contributed by atoms with van der Waals surface area (Å²) in [6, 6.07) is 0. The molecule has 0 aromatic rings. The standard InChI is InChI=1S/C10H15F2NO3/c1-9(5-15-6-9)4-13-3-7-2-10(11,12)8(14)16-7/h7,13H,2-6H2,1H3. The first-order valence-electron chi connectivity index (χ1n) is 5.29. The van der Waals surface area contributed by atoms with Crippen LogP contribution in [0.3, 0.4) is 0 Å². The molecule has 0 aromatic heterocycles. The Bertz CT molecular complexity index is 292. The summed E-state index contributed by atoms with van der Waals surface area (Å²) >= 11 is 0. The van der Waals surface area contributed by atoms with Gasteiger partial charge in [-0.05, 0) is 0 Å². The fourth-order valence-corrected chi connectivity index (χ4v) is 1.85. The lowest BCUT2D eigenvalue weighted by atomic mass is 9.89. The second-order valence-corrected chi connectivity index (χ2v) is 4.87. The lowest BCUT2D eigenvalue weighted by Crippen LogP contribution is -2.48. The minimum absolute atomic E-state index is 0.0884. The predicted octanol–water partition coefficient (Wildman–Crippen LogP) is 0.563. The second kappa shape index (κ2) is 3.92. The monoisotopic (exact) mass is 235 g/mol. The van der Waals surface area contributed by atoms with Gasteiger partial charge in [0.15, 0.2) is 0 Å². The molecule has 2 rings (SSSR count). The van der Waals surface area contributed by atoms with Crippen molar-refractivity contribution in [2.45, 2.75) is 25.4 Å². The van der Waals surface area contributed by atoms with E-state index in [4.69, 9.17) is 4.74 Å². The average Bonchev–Trinajstić information content (AvgIpc) is 2.38. The molecule has 6 heteroatoms. The van der Waals surface area contributed by atoms with Crippen molar-refractivity contribution < 1.29 is 23.0 Å². The first kappa shape index (κ1) is 11.7. The number of rotatable bonds is 4. The molecule has 16 heavy (non-hydrogen) atoms. The summed E-state index contributed by atoms with van der Waals surface area (Å²) in [5, 5.41) is 3.04. The number of hydrogen-bond donors (Lipinski definition) is 1. The van der Waals surface area contributed by atoms with Crippen LogP contribution in [0, 0.1) is 5.41 Å². The van der Waals surface area contributed by atoms with Gasteiger partial charge in [-0.2, -0.15) is 8.78 Å². The SMILES string of the molecule is CC1(CNCC2CC(F)(F)C(=O)O2)COC1. The van der Waals surface area contributed by atoms with Gasteiger partial charge in [0.05, 0.1) is 19.6 Å². The zero-order valence-corrected chi connectivity index (χ0v) is 9.09. The summed E-state index contributed by atoms with van der Waals surface area (Å²) in [6.07, 6.45) is -1.24. The largest absolute Gasteiger partial charge is 0.456 e. The van der Waals surface area contributed by atoms with Gasteiger partial charge in [-0.25, -0.2) is 4.79 Å². The third kappa shape index (κ3) is 2.32. The molecule has 2 fully saturated rings. The predicted molar refractivity (Wildman–Crippen MR) is 51.2 cm³/mol. The first-order chi connectivity index (χ1) is 7.41. The molecule has 92 valence electrons. The minimum atomic E-state index is -3.31. The van der Waals surface area contributed by atoms with E-state index in [1.807, 2.05) is 0 Å². The van der Waals surface area contributed by atoms with Crippen LogP contribution in [0.15, 0.2) is 0 Å². The van der Waals surface area contributed by atoms with Crippen molar-refractivity contribution in [3.05, 3.63) is 0 Å². The lowest BCUT2D eigenvalue weighted by Gasteiger charge is -2.38. The van der Waals surface area contributed by atoms with Crippen LogP contribution in [0.5, 0.6) is 0 Å². The zero-order chi connectivity index (χ0) is 11.8. The molecule has 0 spiro atoms. The molecule has 1 N–H and O–H groups in total. The van der Waals surface area contributed by atoms with E-state index in [9.17, 15) is 13.6 Å². The molecule has 2 aliphatic rings. The Labute approximate surface area is 92.3 Å². The van der Waals surface area contributed by atoms with Crippen molar-refractivity contribution in [1.82, 2.24) is 5.32 Å². The van der Waals surface area contributed by atoms with Gasteiger partial charge in [0.25, 0.3) is 0 Å². The minimum Gasteiger partial charge on any atom is -0.456 e. The fourth-order valence-electron chi connectivity index (χ4n) is 1.85. The third-order valence-corrected chi connectivity index (χ3v) is 2.88. The van der Waals surface area contributed by atoms with Crippen molar-refractivity contribution in [2.75, 3.05) is 26.3 Å². The van der Waals surface area contributed by atoms with Crippen molar-refractivity contribution in [1.29, 1.82) is 0 Å². The van der Waals surface area contributed by atoms with Crippen LogP contribution in [0.4, 0.5) is 8.78 Å². The zero-order valence-electron chi connectivity index (χ0n) is 9.09. The molecule has 0 aliphatic carbocycles. The summed E-state index contributed by atoms with van der Waals surface area (Å²) in [6.45, 7) is 4.38. The molecule has 0 amide bonds. The highest BCUT2D eigenvalue weighted by atomic mass is 19.3. The van der Waals surface area contributed by atoms with E-state index in [1.165, 1.54) is 0 Å². The molecular formula is C10H15F2NO3. The van der Waals surface area contributed by atoms with Crippen molar-refractivity contribution in [2.24, 2.45) is 5.41 Å². The smallest absolute Gasteiger partial charge is 0.377 e. The quantitative estimate of drug-likeness (QED) is 0.723. The van der Waals surface area contributed by atoms with Gasteiger partial charge >= 0.3 is 11.9 Å². The first-order valence-corrected chi connectivity index (χ1v) is 5.29. The number of alkyl halides is 2. The lowest BCUT2D eigenvalue weighted by molar-refractivity contribution is -0.159. The van der Waals surface area contributed by atoms with Gasteiger partial charge in [-0.3, -0.25) is 0 Å². The molecule has 0 bridgehead atoms. The second-order valence-electron chi connectivity index (χ2n) is 4.87. The topological polar surface area (TPSA) is 47.6 Å². The van der Waals surface area contributed by atoms with E-state index in [-0.39, 0.29) is 12.0 Å². The number of cyclic esters (lactones) is 1. The highest BCUT2D eigenvalue weighted by Gasteiger charge is 2.50. The summed E-state index contributed by atoms with van der Waals surface area (Å²) in [5.74, 6) is -4.71. The number of hydrogen-bond acceptors (Lipinski definition) is 4. The maximum atomic E-state index is 12.8. The average molecular weight is 235 g/mol. The van der Waals surface area contributed by atoms with Crippen molar-refractivity contribution >= 4 is 5.97 Å². The van der Waals surface area contributed by atoms with E-state index in [2.05, 4.69) is 17.0 Å². The van der Waals surface area contributed by atoms with Crippen LogP contribution in [0.25, 0.3) is 0 Å². The van der Waals surface area contributed by atoms with E-state index in [0.717, 1.165) is 0 Å². The number of halogens is 2. The van der Waals surface area contributed by atoms with Crippen LogP contribution >= 0.6 is 0 Å². The van der Waals surface area contributed by atoms with E-state index in [1.54, 1.807) is 0 Å². The van der Waals surface area contributed by atoms with E-state index in [0.29, 0.717) is 19.8 Å². The summed E-state index contributed by atoms with van der Waals surface area (Å²) in [5.41, 5.74) is 0.0884. The molecule has 2 saturated heterocycles. The molecule has 1 atom stereocenters. The van der Waals surface area contributed by atoms with Crippen LogP contribution in [-0.2, 0) is 14.3 Å². The Morgan fingerprint density at radius 3 is 2.62 bits per heavy atom. The number of nitrogens with one attached hydrogen (secondary N) is 1. The van der Waals surface area contributed by atoms with Gasteiger partial charge in [-0.15, -0.1) is 0 Å². The van der Waals surface area contributed by atoms with Gasteiger partial charge in [-0.1, -0.05) is 6.92 Å². The molecule has 0 aromatic carbocycles. The Morgan fingerprint density at radius 1 is 1.50 bits per heavy atom. The molecule has 4 nitrogen and oxygen atoms in total. The molecule has 0 radical (unpaired) electrons. The van der Waals surface area contributed by atoms with Crippen molar-refractivity contribution in [3.63, 3.8) is 0 Å². The van der Waals surface area contributed by atoms with Crippen LogP contribution in [-0.4, -0.2) is 44.3 Å². The molecule has 1 unspecified atom stereocenters. The normalized spacial score (nSPS) is 30.9. The molecule has 2 heterocycles. The Balaban J connectivity index is 1.70. The summed E-state index contributed by atoms with van der Waals surface area (Å²) in [7, 11) is 0. The molecular weight excluding hydrogens is 220 g/mol. The Morgan fingerprint density at radius 2 is 2.19 bits per heavy atom. The third-order valence-electron chi connectivity index (χ3n) is 2.88.